The fourth-order valence-corrected chi connectivity index (χ4v) is 2.77. The highest BCUT2D eigenvalue weighted by Gasteiger charge is 2.20. The Bertz CT molecular complexity index is 613. The highest BCUT2D eigenvalue weighted by atomic mass is 79.9. The second kappa shape index (κ2) is 5.21. The summed E-state index contributed by atoms with van der Waals surface area (Å²) in [6, 6.07) is 8.49. The van der Waals surface area contributed by atoms with Crippen LogP contribution in [0.5, 0.6) is 5.75 Å². The minimum absolute atomic E-state index is 0.735. The molecule has 4 heteroatoms. The van der Waals surface area contributed by atoms with E-state index in [1.807, 2.05) is 0 Å². The van der Waals surface area contributed by atoms with Crippen LogP contribution in [0.1, 0.15) is 16.7 Å². The van der Waals surface area contributed by atoms with Crippen molar-refractivity contribution in [2.24, 2.45) is 0 Å². The number of nitrogens with one attached hydrogen (secondary N) is 1. The van der Waals surface area contributed by atoms with E-state index in [-0.39, 0.29) is 0 Å². The van der Waals surface area contributed by atoms with Gasteiger partial charge in [0.15, 0.2) is 0 Å². The average Bonchev–Trinajstić information content (AvgIpc) is 2.88. The summed E-state index contributed by atoms with van der Waals surface area (Å²) in [5.41, 5.74) is 3.70. The lowest BCUT2D eigenvalue weighted by molar-refractivity contribution is 0.355. The highest BCUT2D eigenvalue weighted by molar-refractivity contribution is 9.10. The number of pyridine rings is 1. The van der Waals surface area contributed by atoms with E-state index >= 15 is 0 Å². The van der Waals surface area contributed by atoms with Gasteiger partial charge in [-0.05, 0) is 28.4 Å². The molecular formula is C15H15BrN2O. The maximum absolute atomic E-state index is 5.61. The predicted molar refractivity (Wildman–Crippen MR) is 79.6 cm³/mol. The molecule has 0 saturated heterocycles. The van der Waals surface area contributed by atoms with E-state index in [1.54, 1.807) is 6.20 Å². The normalized spacial score (nSPS) is 12.9. The number of rotatable bonds is 3. The van der Waals surface area contributed by atoms with E-state index in [4.69, 9.17) is 4.74 Å². The van der Waals surface area contributed by atoms with Crippen molar-refractivity contribution < 1.29 is 4.74 Å². The Morgan fingerprint density at radius 3 is 3.16 bits per heavy atom. The van der Waals surface area contributed by atoms with Crippen molar-refractivity contribution in [2.75, 3.05) is 11.9 Å². The molecule has 0 aliphatic carbocycles. The number of ether oxygens (including phenoxy) is 1. The van der Waals surface area contributed by atoms with Crippen molar-refractivity contribution >= 4 is 21.7 Å². The van der Waals surface area contributed by atoms with Gasteiger partial charge < -0.3 is 10.1 Å². The molecule has 98 valence electrons. The van der Waals surface area contributed by atoms with Crippen LogP contribution in [-0.2, 0) is 13.0 Å². The van der Waals surface area contributed by atoms with Crippen molar-refractivity contribution in [3.05, 3.63) is 51.6 Å². The number of aromatic nitrogens is 1. The number of benzene rings is 1. The summed E-state index contributed by atoms with van der Waals surface area (Å²) in [4.78, 5) is 4.45. The molecule has 0 amide bonds. The molecule has 1 aliphatic rings. The van der Waals surface area contributed by atoms with Crippen molar-refractivity contribution in [3.63, 3.8) is 0 Å². The lowest BCUT2D eigenvalue weighted by atomic mass is 10.1. The molecule has 19 heavy (non-hydrogen) atoms. The lowest BCUT2D eigenvalue weighted by Crippen LogP contribution is -2.04. The van der Waals surface area contributed by atoms with Crippen LogP contribution < -0.4 is 10.1 Å². The molecule has 1 aromatic heterocycles. The smallest absolute Gasteiger partial charge is 0.142 e. The van der Waals surface area contributed by atoms with Crippen molar-refractivity contribution in [3.8, 4) is 5.75 Å². The molecule has 3 nitrogen and oxygen atoms in total. The molecule has 0 atom stereocenters. The van der Waals surface area contributed by atoms with Gasteiger partial charge in [0.2, 0.25) is 0 Å². The number of nitrogens with zero attached hydrogens (tertiary/aromatic N) is 1. The van der Waals surface area contributed by atoms with Gasteiger partial charge in [-0.15, -0.1) is 0 Å². The van der Waals surface area contributed by atoms with Crippen LogP contribution in [0, 0.1) is 6.92 Å². The average molecular weight is 319 g/mol. The molecule has 0 saturated carbocycles. The molecule has 2 heterocycles. The molecule has 2 aromatic rings. The van der Waals surface area contributed by atoms with Crippen LogP contribution in [0.3, 0.4) is 0 Å². The van der Waals surface area contributed by atoms with Crippen molar-refractivity contribution in [1.82, 2.24) is 4.98 Å². The molecule has 3 rings (SSSR count). The Labute approximate surface area is 121 Å². The van der Waals surface area contributed by atoms with Gasteiger partial charge in [-0.25, -0.2) is 4.98 Å². The largest absolute Gasteiger partial charge is 0.492 e. The Morgan fingerprint density at radius 1 is 1.42 bits per heavy atom. The SMILES string of the molecule is Cc1cccc(CNc2ncc(Br)c3c2CCO3)c1. The molecule has 1 N–H and O–H groups in total. The first kappa shape index (κ1) is 12.5. The van der Waals surface area contributed by atoms with Crippen LogP contribution in [0.15, 0.2) is 34.9 Å². The third-order valence-electron chi connectivity index (χ3n) is 3.22. The summed E-state index contributed by atoms with van der Waals surface area (Å²) in [5, 5.41) is 3.40. The van der Waals surface area contributed by atoms with Gasteiger partial charge in [-0.3, -0.25) is 0 Å². The van der Waals surface area contributed by atoms with Gasteiger partial charge in [0.25, 0.3) is 0 Å². The van der Waals surface area contributed by atoms with Gasteiger partial charge in [0.05, 0.1) is 11.1 Å². The van der Waals surface area contributed by atoms with E-state index in [0.717, 1.165) is 35.6 Å². The second-order valence-electron chi connectivity index (χ2n) is 4.70. The number of hydrogen-bond acceptors (Lipinski definition) is 3. The molecule has 0 fully saturated rings. The summed E-state index contributed by atoms with van der Waals surface area (Å²) in [7, 11) is 0. The van der Waals surface area contributed by atoms with E-state index in [9.17, 15) is 0 Å². The topological polar surface area (TPSA) is 34.2 Å². The maximum Gasteiger partial charge on any atom is 0.142 e. The van der Waals surface area contributed by atoms with Crippen molar-refractivity contribution in [1.29, 1.82) is 0 Å². The van der Waals surface area contributed by atoms with E-state index in [2.05, 4.69) is 57.4 Å². The van der Waals surface area contributed by atoms with E-state index in [0.29, 0.717) is 0 Å². The van der Waals surface area contributed by atoms with Gasteiger partial charge in [0.1, 0.15) is 11.6 Å². The lowest BCUT2D eigenvalue weighted by Gasteiger charge is -2.10. The van der Waals surface area contributed by atoms with Crippen LogP contribution in [0.25, 0.3) is 0 Å². The summed E-state index contributed by atoms with van der Waals surface area (Å²) in [6.07, 6.45) is 2.71. The standard InChI is InChI=1S/C15H15BrN2O/c1-10-3-2-4-11(7-10)8-17-15-12-5-6-19-14(12)13(16)9-18-15/h2-4,7,9H,5-6,8H2,1H3,(H,17,18). The molecular weight excluding hydrogens is 304 g/mol. The number of fused-ring (bicyclic) bond motifs is 1. The second-order valence-corrected chi connectivity index (χ2v) is 5.56. The van der Waals surface area contributed by atoms with Gasteiger partial charge in [0, 0.05) is 24.7 Å². The Kier molecular flexibility index (Phi) is 3.42. The zero-order chi connectivity index (χ0) is 13.2. The summed E-state index contributed by atoms with van der Waals surface area (Å²) >= 11 is 3.47. The third kappa shape index (κ3) is 2.59. The molecule has 0 bridgehead atoms. The minimum Gasteiger partial charge on any atom is -0.492 e. The first-order chi connectivity index (χ1) is 9.24. The fraction of sp³-hybridized carbons (Fsp3) is 0.267. The third-order valence-corrected chi connectivity index (χ3v) is 3.79. The number of hydrogen-bond donors (Lipinski definition) is 1. The summed E-state index contributed by atoms with van der Waals surface area (Å²) < 4.78 is 6.55. The fourth-order valence-electron chi connectivity index (χ4n) is 2.31. The Hall–Kier alpha value is -1.55. The molecule has 1 aliphatic heterocycles. The zero-order valence-electron chi connectivity index (χ0n) is 10.7. The Balaban J connectivity index is 1.79. The molecule has 1 aromatic carbocycles. The summed E-state index contributed by atoms with van der Waals surface area (Å²) in [6.45, 7) is 3.62. The summed E-state index contributed by atoms with van der Waals surface area (Å²) in [5.74, 6) is 1.86. The molecule has 0 unspecified atom stereocenters. The van der Waals surface area contributed by atoms with E-state index in [1.165, 1.54) is 16.7 Å². The molecule has 0 spiro atoms. The zero-order valence-corrected chi connectivity index (χ0v) is 12.3. The first-order valence-electron chi connectivity index (χ1n) is 6.33. The maximum atomic E-state index is 5.61. The molecule has 0 radical (unpaired) electrons. The van der Waals surface area contributed by atoms with Gasteiger partial charge >= 0.3 is 0 Å². The quantitative estimate of drug-likeness (QED) is 0.937. The van der Waals surface area contributed by atoms with Gasteiger partial charge in [-0.1, -0.05) is 29.8 Å². The highest BCUT2D eigenvalue weighted by Crippen LogP contribution is 2.36. The van der Waals surface area contributed by atoms with E-state index < -0.39 is 0 Å². The Morgan fingerprint density at radius 2 is 2.32 bits per heavy atom. The monoisotopic (exact) mass is 318 g/mol. The minimum atomic E-state index is 0.735. The number of anilines is 1. The van der Waals surface area contributed by atoms with Crippen LogP contribution >= 0.6 is 15.9 Å². The number of halogens is 1. The van der Waals surface area contributed by atoms with Gasteiger partial charge in [-0.2, -0.15) is 0 Å². The predicted octanol–water partition coefficient (Wildman–Crippen LogP) is 3.70. The van der Waals surface area contributed by atoms with Crippen LogP contribution in [0.2, 0.25) is 0 Å². The first-order valence-corrected chi connectivity index (χ1v) is 7.13. The number of aryl methyl sites for hydroxylation is 1. The van der Waals surface area contributed by atoms with Crippen LogP contribution in [-0.4, -0.2) is 11.6 Å². The van der Waals surface area contributed by atoms with Crippen molar-refractivity contribution in [2.45, 2.75) is 19.9 Å². The van der Waals surface area contributed by atoms with Crippen LogP contribution in [0.4, 0.5) is 5.82 Å².